The van der Waals surface area contributed by atoms with E-state index < -0.39 is 5.97 Å². The first-order valence-corrected chi connectivity index (χ1v) is 9.32. The van der Waals surface area contributed by atoms with Crippen molar-refractivity contribution >= 4 is 33.5 Å². The molecule has 0 heterocycles. The van der Waals surface area contributed by atoms with Crippen molar-refractivity contribution in [1.82, 2.24) is 0 Å². The van der Waals surface area contributed by atoms with Gasteiger partial charge in [0.15, 0.2) is 6.61 Å². The maximum absolute atomic E-state index is 12.0. The van der Waals surface area contributed by atoms with Gasteiger partial charge in [-0.3, -0.25) is 4.79 Å². The van der Waals surface area contributed by atoms with Crippen LogP contribution in [0.25, 0.3) is 0 Å². The van der Waals surface area contributed by atoms with E-state index >= 15 is 0 Å². The summed E-state index contributed by atoms with van der Waals surface area (Å²) in [6.07, 6.45) is 0. The maximum Gasteiger partial charge on any atom is 0.338 e. The van der Waals surface area contributed by atoms with Gasteiger partial charge in [-0.2, -0.15) is 0 Å². The maximum atomic E-state index is 12.0. The molecule has 0 saturated heterocycles. The van der Waals surface area contributed by atoms with E-state index in [1.165, 1.54) is 0 Å². The van der Waals surface area contributed by atoms with E-state index in [-0.39, 0.29) is 19.1 Å². The Morgan fingerprint density at radius 1 is 1.07 bits per heavy atom. The van der Waals surface area contributed by atoms with Crippen LogP contribution < -0.4 is 10.1 Å². The molecular formula is C20H22BrNO5. The molecule has 1 N–H and O–H groups in total. The van der Waals surface area contributed by atoms with Gasteiger partial charge in [0.1, 0.15) is 12.4 Å². The number of amides is 1. The average molecular weight is 436 g/mol. The molecule has 2 aromatic rings. The van der Waals surface area contributed by atoms with Crippen LogP contribution in [0, 0.1) is 6.92 Å². The molecule has 2 rings (SSSR count). The Hall–Kier alpha value is -2.38. The third-order valence-corrected chi connectivity index (χ3v) is 4.46. The number of ether oxygens (including phenoxy) is 3. The summed E-state index contributed by atoms with van der Waals surface area (Å²) in [6, 6.07) is 12.0. The van der Waals surface area contributed by atoms with Gasteiger partial charge in [0.2, 0.25) is 0 Å². The fourth-order valence-electron chi connectivity index (χ4n) is 2.16. The molecule has 0 aliphatic carbocycles. The monoisotopic (exact) mass is 435 g/mol. The number of esters is 1. The quantitative estimate of drug-likeness (QED) is 0.476. The van der Waals surface area contributed by atoms with Gasteiger partial charge >= 0.3 is 5.97 Å². The van der Waals surface area contributed by atoms with Crippen molar-refractivity contribution < 1.29 is 23.8 Å². The van der Waals surface area contributed by atoms with Crippen molar-refractivity contribution in [3.05, 3.63) is 58.1 Å². The Labute approximate surface area is 166 Å². The van der Waals surface area contributed by atoms with Crippen LogP contribution in [0.5, 0.6) is 5.75 Å². The van der Waals surface area contributed by atoms with Gasteiger partial charge in [0, 0.05) is 16.8 Å². The van der Waals surface area contributed by atoms with Crippen LogP contribution in [0.1, 0.15) is 22.8 Å². The van der Waals surface area contributed by atoms with Crippen LogP contribution in [0.4, 0.5) is 5.69 Å². The van der Waals surface area contributed by atoms with Crippen molar-refractivity contribution in [1.29, 1.82) is 0 Å². The summed E-state index contributed by atoms with van der Waals surface area (Å²) in [5, 5.41) is 2.72. The summed E-state index contributed by atoms with van der Waals surface area (Å²) in [4.78, 5) is 23.9. The molecule has 6 nitrogen and oxygen atoms in total. The number of rotatable bonds is 9. The van der Waals surface area contributed by atoms with Gasteiger partial charge in [-0.25, -0.2) is 4.79 Å². The predicted molar refractivity (Wildman–Crippen MR) is 106 cm³/mol. The number of carbonyl (C=O) groups is 2. The SMILES string of the molecule is CCOCCOC(=O)c1ccc(NC(=O)COc2ccc(Br)c(C)c2)cc1. The van der Waals surface area contributed by atoms with E-state index in [4.69, 9.17) is 14.2 Å². The smallest absolute Gasteiger partial charge is 0.338 e. The minimum Gasteiger partial charge on any atom is -0.484 e. The number of aryl methyl sites for hydroxylation is 1. The second kappa shape index (κ2) is 10.7. The first-order chi connectivity index (χ1) is 13.0. The molecule has 0 aliphatic rings. The van der Waals surface area contributed by atoms with E-state index in [9.17, 15) is 9.59 Å². The van der Waals surface area contributed by atoms with Crippen molar-refractivity contribution in [3.8, 4) is 5.75 Å². The van der Waals surface area contributed by atoms with E-state index in [1.54, 1.807) is 30.3 Å². The molecule has 0 fully saturated rings. The first-order valence-electron chi connectivity index (χ1n) is 8.53. The average Bonchev–Trinajstić information content (AvgIpc) is 2.66. The summed E-state index contributed by atoms with van der Waals surface area (Å²) in [5.41, 5.74) is 2.00. The molecule has 0 aliphatic heterocycles. The van der Waals surface area contributed by atoms with Gasteiger partial charge in [-0.1, -0.05) is 15.9 Å². The highest BCUT2D eigenvalue weighted by molar-refractivity contribution is 9.10. The Kier molecular flexibility index (Phi) is 8.29. The minimum atomic E-state index is -0.429. The molecule has 0 spiro atoms. The summed E-state index contributed by atoms with van der Waals surface area (Å²) in [7, 11) is 0. The molecule has 0 unspecified atom stereocenters. The van der Waals surface area contributed by atoms with Crippen LogP contribution in [0.15, 0.2) is 46.9 Å². The number of benzene rings is 2. The Morgan fingerprint density at radius 3 is 2.48 bits per heavy atom. The van der Waals surface area contributed by atoms with Gasteiger partial charge in [0.05, 0.1) is 12.2 Å². The third kappa shape index (κ3) is 7.03. The van der Waals surface area contributed by atoms with E-state index in [0.717, 1.165) is 10.0 Å². The lowest BCUT2D eigenvalue weighted by atomic mass is 10.2. The zero-order chi connectivity index (χ0) is 19.6. The molecule has 0 atom stereocenters. The minimum absolute atomic E-state index is 0.109. The lowest BCUT2D eigenvalue weighted by Crippen LogP contribution is -2.20. The third-order valence-electron chi connectivity index (χ3n) is 3.57. The molecule has 27 heavy (non-hydrogen) atoms. The van der Waals surface area contributed by atoms with Crippen LogP contribution in [0.3, 0.4) is 0 Å². The van der Waals surface area contributed by atoms with Crippen LogP contribution >= 0.6 is 15.9 Å². The molecule has 144 valence electrons. The molecule has 0 aromatic heterocycles. The lowest BCUT2D eigenvalue weighted by molar-refractivity contribution is -0.118. The molecule has 7 heteroatoms. The molecule has 0 bridgehead atoms. The number of halogens is 1. The zero-order valence-corrected chi connectivity index (χ0v) is 16.9. The molecule has 1 amide bonds. The normalized spacial score (nSPS) is 10.3. The number of nitrogens with one attached hydrogen (secondary N) is 1. The Morgan fingerprint density at radius 2 is 1.81 bits per heavy atom. The predicted octanol–water partition coefficient (Wildman–Crippen LogP) is 3.97. The van der Waals surface area contributed by atoms with E-state index in [1.807, 2.05) is 26.0 Å². The standard InChI is InChI=1S/C20H22BrNO5/c1-3-25-10-11-26-20(24)15-4-6-16(7-5-15)22-19(23)13-27-17-8-9-18(21)14(2)12-17/h4-9,12H,3,10-11,13H2,1-2H3,(H,22,23). The van der Waals surface area contributed by atoms with Crippen molar-refractivity contribution in [2.24, 2.45) is 0 Å². The van der Waals surface area contributed by atoms with Crippen molar-refractivity contribution in [2.75, 3.05) is 31.7 Å². The van der Waals surface area contributed by atoms with Crippen LogP contribution in [-0.4, -0.2) is 38.3 Å². The molecule has 2 aromatic carbocycles. The van der Waals surface area contributed by atoms with Crippen LogP contribution in [0.2, 0.25) is 0 Å². The number of anilines is 1. The fraction of sp³-hybridized carbons (Fsp3) is 0.300. The summed E-state index contributed by atoms with van der Waals surface area (Å²) >= 11 is 3.42. The molecule has 0 saturated carbocycles. The number of hydrogen-bond donors (Lipinski definition) is 1. The summed E-state index contributed by atoms with van der Waals surface area (Å²) < 4.78 is 16.7. The highest BCUT2D eigenvalue weighted by Gasteiger charge is 2.09. The molecular weight excluding hydrogens is 414 g/mol. The van der Waals surface area contributed by atoms with E-state index in [2.05, 4.69) is 21.2 Å². The van der Waals surface area contributed by atoms with Gasteiger partial charge < -0.3 is 19.5 Å². The van der Waals surface area contributed by atoms with Gasteiger partial charge in [-0.05, 0) is 61.9 Å². The lowest BCUT2D eigenvalue weighted by Gasteiger charge is -2.09. The Balaban J connectivity index is 1.80. The summed E-state index contributed by atoms with van der Waals surface area (Å²) in [6.45, 7) is 4.87. The van der Waals surface area contributed by atoms with Gasteiger partial charge in [-0.15, -0.1) is 0 Å². The second-order valence-corrected chi connectivity index (χ2v) is 6.51. The first kappa shape index (κ1) is 20.9. The largest absolute Gasteiger partial charge is 0.484 e. The van der Waals surface area contributed by atoms with Crippen LogP contribution in [-0.2, 0) is 14.3 Å². The summed E-state index contributed by atoms with van der Waals surface area (Å²) in [5.74, 6) is -0.0971. The van der Waals surface area contributed by atoms with E-state index in [0.29, 0.717) is 30.2 Å². The van der Waals surface area contributed by atoms with Crippen molar-refractivity contribution in [3.63, 3.8) is 0 Å². The Bertz CT molecular complexity index is 776. The zero-order valence-electron chi connectivity index (χ0n) is 15.3. The number of hydrogen-bond acceptors (Lipinski definition) is 5. The van der Waals surface area contributed by atoms with Gasteiger partial charge in [0.25, 0.3) is 5.91 Å². The molecule has 0 radical (unpaired) electrons. The highest BCUT2D eigenvalue weighted by atomic mass is 79.9. The fourth-order valence-corrected chi connectivity index (χ4v) is 2.41. The van der Waals surface area contributed by atoms with Crippen molar-refractivity contribution in [2.45, 2.75) is 13.8 Å². The highest BCUT2D eigenvalue weighted by Crippen LogP contribution is 2.21. The number of carbonyl (C=O) groups excluding carboxylic acids is 2. The topological polar surface area (TPSA) is 73.9 Å². The second-order valence-electron chi connectivity index (χ2n) is 5.66.